The molecule has 1 aromatic rings. The molecule has 0 radical (unpaired) electrons. The molecule has 0 saturated heterocycles. The van der Waals surface area contributed by atoms with E-state index in [4.69, 9.17) is 16.7 Å². The molecule has 0 aliphatic rings. The molecule has 0 aliphatic carbocycles. The first-order valence-electron chi connectivity index (χ1n) is 7.62. The van der Waals surface area contributed by atoms with Gasteiger partial charge in [0.2, 0.25) is 5.91 Å². The van der Waals surface area contributed by atoms with E-state index in [1.165, 1.54) is 0 Å². The van der Waals surface area contributed by atoms with Gasteiger partial charge in [-0.25, -0.2) is 4.79 Å². The van der Waals surface area contributed by atoms with Crippen molar-refractivity contribution < 1.29 is 33.0 Å². The molecule has 6 nitrogen and oxygen atoms in total. The number of alkyl halides is 3. The number of aliphatic carboxylic acids is 1. The van der Waals surface area contributed by atoms with Crippen molar-refractivity contribution in [2.45, 2.75) is 38.6 Å². The average Bonchev–Trinajstić information content (AvgIpc) is 2.50. The molecule has 1 unspecified atom stereocenters. The molecular formula is C16H20ClF3N2O4. The number of benzene rings is 1. The lowest BCUT2D eigenvalue weighted by Gasteiger charge is -2.25. The fourth-order valence-corrected chi connectivity index (χ4v) is 2.19. The second-order valence-electron chi connectivity index (χ2n) is 6.36. The van der Waals surface area contributed by atoms with Gasteiger partial charge in [0.1, 0.15) is 6.04 Å². The van der Waals surface area contributed by atoms with Crippen LogP contribution in [0.25, 0.3) is 0 Å². The Morgan fingerprint density at radius 2 is 1.85 bits per heavy atom. The molecule has 10 heteroatoms. The van der Waals surface area contributed by atoms with Crippen molar-refractivity contribution >= 4 is 29.2 Å². The fourth-order valence-electron chi connectivity index (χ4n) is 1.96. The number of carbonyl (C=O) groups is 2. The van der Waals surface area contributed by atoms with E-state index in [0.717, 1.165) is 25.1 Å². The Morgan fingerprint density at radius 1 is 1.27 bits per heavy atom. The third kappa shape index (κ3) is 5.77. The molecule has 0 fully saturated rings. The van der Waals surface area contributed by atoms with Gasteiger partial charge in [0.15, 0.2) is 5.60 Å². The zero-order valence-electron chi connectivity index (χ0n) is 14.3. The maximum Gasteiger partial charge on any atom is 0.416 e. The maximum absolute atomic E-state index is 12.7. The number of halogens is 4. The van der Waals surface area contributed by atoms with E-state index in [1.807, 2.05) is 0 Å². The number of nitrogens with one attached hydrogen (secondary N) is 2. The molecule has 0 heterocycles. The van der Waals surface area contributed by atoms with Gasteiger partial charge >= 0.3 is 12.1 Å². The Morgan fingerprint density at radius 3 is 2.27 bits per heavy atom. The highest BCUT2D eigenvalue weighted by molar-refractivity contribution is 6.33. The van der Waals surface area contributed by atoms with E-state index in [-0.39, 0.29) is 16.6 Å². The molecule has 1 rings (SSSR count). The Balaban J connectivity index is 2.92. The van der Waals surface area contributed by atoms with Crippen LogP contribution in [0.3, 0.4) is 0 Å². The van der Waals surface area contributed by atoms with Crippen LogP contribution in [0.2, 0.25) is 5.02 Å². The van der Waals surface area contributed by atoms with Gasteiger partial charge in [0, 0.05) is 0 Å². The number of hydrogen-bond donors (Lipinski definition) is 4. The second kappa shape index (κ2) is 8.13. The van der Waals surface area contributed by atoms with Crippen LogP contribution < -0.4 is 10.6 Å². The van der Waals surface area contributed by atoms with Gasteiger partial charge in [-0.1, -0.05) is 25.4 Å². The van der Waals surface area contributed by atoms with Gasteiger partial charge in [-0.15, -0.1) is 0 Å². The highest BCUT2D eigenvalue weighted by atomic mass is 35.5. The molecule has 0 spiro atoms. The maximum atomic E-state index is 12.7. The average molecular weight is 397 g/mol. The minimum absolute atomic E-state index is 0.124. The Hall–Kier alpha value is -2.00. The normalized spacial score (nSPS) is 15.3. The molecule has 26 heavy (non-hydrogen) atoms. The van der Waals surface area contributed by atoms with Crippen LogP contribution in [0, 0.1) is 5.92 Å². The first kappa shape index (κ1) is 22.0. The van der Waals surface area contributed by atoms with Crippen molar-refractivity contribution in [2.75, 3.05) is 11.9 Å². The van der Waals surface area contributed by atoms with E-state index in [1.54, 1.807) is 13.8 Å². The second-order valence-corrected chi connectivity index (χ2v) is 6.76. The van der Waals surface area contributed by atoms with E-state index in [2.05, 4.69) is 10.6 Å². The number of aliphatic hydroxyl groups is 1. The summed E-state index contributed by atoms with van der Waals surface area (Å²) in [4.78, 5) is 23.2. The van der Waals surface area contributed by atoms with Crippen molar-refractivity contribution in [3.63, 3.8) is 0 Å². The lowest BCUT2D eigenvalue weighted by molar-refractivity contribution is -0.156. The summed E-state index contributed by atoms with van der Waals surface area (Å²) in [5.74, 6) is -2.43. The first-order valence-corrected chi connectivity index (χ1v) is 8.00. The standard InChI is InChI=1S/C16H20ClF3N2O4/c1-8(2)12(13(23)21-7-15(3,26)14(24)25)22-11-5-4-9(6-10(11)17)16(18,19)20/h4-6,8,12,22,26H,7H2,1-3H3,(H,21,23)(H,24,25)/t12-,15?/m0/s1. The number of amides is 1. The van der Waals surface area contributed by atoms with Gasteiger partial charge < -0.3 is 20.8 Å². The van der Waals surface area contributed by atoms with Gasteiger partial charge in [-0.05, 0) is 31.0 Å². The van der Waals surface area contributed by atoms with Crippen LogP contribution in [0.1, 0.15) is 26.3 Å². The van der Waals surface area contributed by atoms with Gasteiger partial charge in [0.25, 0.3) is 0 Å². The highest BCUT2D eigenvalue weighted by Gasteiger charge is 2.33. The Kier molecular flexibility index (Phi) is 6.89. The smallest absolute Gasteiger partial charge is 0.416 e. The molecule has 0 bridgehead atoms. The van der Waals surface area contributed by atoms with Crippen molar-refractivity contribution in [2.24, 2.45) is 5.92 Å². The highest BCUT2D eigenvalue weighted by Crippen LogP contribution is 2.34. The third-order valence-corrected chi connectivity index (χ3v) is 3.94. The van der Waals surface area contributed by atoms with Crippen molar-refractivity contribution in [3.05, 3.63) is 28.8 Å². The number of carboxylic acid groups (broad SMARTS) is 1. The monoisotopic (exact) mass is 396 g/mol. The van der Waals surface area contributed by atoms with Gasteiger partial charge in [0.05, 0.1) is 22.8 Å². The lowest BCUT2D eigenvalue weighted by atomic mass is 10.0. The summed E-state index contributed by atoms with van der Waals surface area (Å²) in [5, 5.41) is 23.3. The quantitative estimate of drug-likeness (QED) is 0.568. The molecule has 146 valence electrons. The SMILES string of the molecule is CC(C)[C@H](Nc1ccc(C(F)(F)F)cc1Cl)C(=O)NCC(C)(O)C(=O)O. The van der Waals surface area contributed by atoms with Crippen molar-refractivity contribution in [3.8, 4) is 0 Å². The van der Waals surface area contributed by atoms with Gasteiger partial charge in [-0.2, -0.15) is 13.2 Å². The third-order valence-electron chi connectivity index (χ3n) is 3.62. The summed E-state index contributed by atoms with van der Waals surface area (Å²) in [6.07, 6.45) is -4.54. The first-order chi connectivity index (χ1) is 11.8. The summed E-state index contributed by atoms with van der Waals surface area (Å²) >= 11 is 5.87. The van der Waals surface area contributed by atoms with Crippen LogP contribution in [-0.4, -0.2) is 40.3 Å². The molecule has 2 atom stereocenters. The number of carboxylic acids is 1. The summed E-state index contributed by atoms with van der Waals surface area (Å²) in [7, 11) is 0. The predicted octanol–water partition coefficient (Wildman–Crippen LogP) is 2.75. The molecule has 1 amide bonds. The lowest BCUT2D eigenvalue weighted by Crippen LogP contribution is -2.51. The zero-order valence-corrected chi connectivity index (χ0v) is 15.1. The van der Waals surface area contributed by atoms with Crippen molar-refractivity contribution in [1.29, 1.82) is 0 Å². The molecule has 4 N–H and O–H groups in total. The number of hydrogen-bond acceptors (Lipinski definition) is 4. The minimum Gasteiger partial charge on any atom is -0.479 e. The minimum atomic E-state index is -4.54. The van der Waals surface area contributed by atoms with Crippen LogP contribution >= 0.6 is 11.6 Å². The molecular weight excluding hydrogens is 377 g/mol. The van der Waals surface area contributed by atoms with Crippen LogP contribution in [0.5, 0.6) is 0 Å². The Bertz CT molecular complexity index is 678. The summed E-state index contributed by atoms with van der Waals surface area (Å²) in [6, 6.07) is 1.78. The van der Waals surface area contributed by atoms with Gasteiger partial charge in [-0.3, -0.25) is 4.79 Å². The molecule has 1 aromatic carbocycles. The fraction of sp³-hybridized carbons (Fsp3) is 0.500. The number of rotatable bonds is 7. The summed E-state index contributed by atoms with van der Waals surface area (Å²) in [5.41, 5.74) is -2.95. The summed E-state index contributed by atoms with van der Waals surface area (Å²) in [6.45, 7) is 3.86. The van der Waals surface area contributed by atoms with E-state index < -0.39 is 41.8 Å². The number of anilines is 1. The van der Waals surface area contributed by atoms with Crippen LogP contribution in [0.4, 0.5) is 18.9 Å². The van der Waals surface area contributed by atoms with E-state index in [0.29, 0.717) is 0 Å². The molecule has 0 aromatic heterocycles. The predicted molar refractivity (Wildman–Crippen MR) is 90.0 cm³/mol. The molecule has 0 aliphatic heterocycles. The van der Waals surface area contributed by atoms with E-state index >= 15 is 0 Å². The largest absolute Gasteiger partial charge is 0.479 e. The van der Waals surface area contributed by atoms with E-state index in [9.17, 15) is 27.9 Å². The van der Waals surface area contributed by atoms with Crippen molar-refractivity contribution in [1.82, 2.24) is 5.32 Å². The van der Waals surface area contributed by atoms with Crippen LogP contribution in [0.15, 0.2) is 18.2 Å². The molecule has 0 saturated carbocycles. The van der Waals surface area contributed by atoms with Crippen LogP contribution in [-0.2, 0) is 15.8 Å². The topological polar surface area (TPSA) is 98.7 Å². The zero-order chi connectivity index (χ0) is 20.3. The Labute approximate surface area is 153 Å². The number of carbonyl (C=O) groups excluding carboxylic acids is 1. The summed E-state index contributed by atoms with van der Waals surface area (Å²) < 4.78 is 38.0.